The first-order valence-corrected chi connectivity index (χ1v) is 7.55. The van der Waals surface area contributed by atoms with Crippen LogP contribution in [-0.2, 0) is 6.54 Å². The highest BCUT2D eigenvalue weighted by Gasteiger charge is 2.33. The van der Waals surface area contributed by atoms with Crippen LogP contribution in [0.25, 0.3) is 0 Å². The number of piperidine rings is 3. The minimum Gasteiger partial charge on any atom is -0.308 e. The number of nitrogens with zero attached hydrogens (tertiary/aromatic N) is 1. The zero-order chi connectivity index (χ0) is 11.8. The summed E-state index contributed by atoms with van der Waals surface area (Å²) in [6.07, 6.45) is 2.80. The van der Waals surface area contributed by atoms with E-state index < -0.39 is 0 Å². The summed E-state index contributed by atoms with van der Waals surface area (Å²) in [6, 6.07) is 3.08. The van der Waals surface area contributed by atoms with E-state index in [1.165, 1.54) is 47.8 Å². The van der Waals surface area contributed by atoms with Crippen LogP contribution in [0.3, 0.4) is 0 Å². The molecule has 4 rings (SSSR count). The average molecular weight is 250 g/mol. The van der Waals surface area contributed by atoms with Crippen LogP contribution in [0.5, 0.6) is 0 Å². The number of hydrogen-bond donors (Lipinski definition) is 1. The van der Waals surface area contributed by atoms with Crippen LogP contribution in [0, 0.1) is 19.8 Å². The molecule has 1 aromatic heterocycles. The highest BCUT2D eigenvalue weighted by Crippen LogP contribution is 2.28. The predicted octanol–water partition coefficient (Wildman–Crippen LogP) is 2.55. The van der Waals surface area contributed by atoms with E-state index in [0.717, 1.165) is 18.5 Å². The van der Waals surface area contributed by atoms with Gasteiger partial charge in [0.05, 0.1) is 0 Å². The van der Waals surface area contributed by atoms with Gasteiger partial charge < -0.3 is 10.2 Å². The number of fused-ring (bicyclic) bond motifs is 3. The number of aryl methyl sites for hydroxylation is 2. The molecule has 0 aromatic carbocycles. The number of rotatable bonds is 3. The van der Waals surface area contributed by atoms with Crippen molar-refractivity contribution in [3.05, 3.63) is 21.4 Å². The summed E-state index contributed by atoms with van der Waals surface area (Å²) in [5.74, 6) is 0.931. The summed E-state index contributed by atoms with van der Waals surface area (Å²) in [6.45, 7) is 9.44. The van der Waals surface area contributed by atoms with Crippen LogP contribution in [-0.4, -0.2) is 30.6 Å². The third kappa shape index (κ3) is 2.42. The fraction of sp³-hybridized carbons (Fsp3) is 0.714. The molecule has 4 heterocycles. The Morgan fingerprint density at radius 1 is 1.35 bits per heavy atom. The molecule has 3 aliphatic rings. The van der Waals surface area contributed by atoms with Gasteiger partial charge in [0.25, 0.3) is 0 Å². The standard InChI is InChI=1S/C14H22N2S/c1-10-7-13(11(2)17-10)8-15-14-9-16-5-3-12(14)4-6-16/h7,12,14-15H,3-6,8-9H2,1-2H3. The third-order valence-corrected chi connectivity index (χ3v) is 5.36. The van der Waals surface area contributed by atoms with Gasteiger partial charge in [-0.25, -0.2) is 0 Å². The molecule has 0 aliphatic carbocycles. The highest BCUT2D eigenvalue weighted by atomic mass is 32.1. The van der Waals surface area contributed by atoms with Crippen molar-refractivity contribution in [3.8, 4) is 0 Å². The van der Waals surface area contributed by atoms with E-state index in [4.69, 9.17) is 0 Å². The first-order valence-electron chi connectivity index (χ1n) is 6.74. The normalized spacial score (nSPS) is 32.0. The van der Waals surface area contributed by atoms with Crippen molar-refractivity contribution in [2.24, 2.45) is 5.92 Å². The molecule has 0 spiro atoms. The van der Waals surface area contributed by atoms with Crippen LogP contribution in [0.1, 0.15) is 28.2 Å². The van der Waals surface area contributed by atoms with Gasteiger partial charge in [-0.1, -0.05) is 0 Å². The Bertz CT molecular complexity index is 391. The van der Waals surface area contributed by atoms with E-state index in [1.54, 1.807) is 0 Å². The fourth-order valence-electron chi connectivity index (χ4n) is 3.30. The smallest absolute Gasteiger partial charge is 0.0227 e. The second-order valence-corrected chi connectivity index (χ2v) is 7.02. The lowest BCUT2D eigenvalue weighted by Gasteiger charge is -2.45. The van der Waals surface area contributed by atoms with Gasteiger partial charge in [-0.05, 0) is 57.3 Å². The summed E-state index contributed by atoms with van der Waals surface area (Å²) < 4.78 is 0. The van der Waals surface area contributed by atoms with Crippen molar-refractivity contribution in [1.82, 2.24) is 10.2 Å². The van der Waals surface area contributed by atoms with Crippen molar-refractivity contribution >= 4 is 11.3 Å². The lowest BCUT2D eigenvalue weighted by atomic mass is 9.84. The Hall–Kier alpha value is -0.380. The molecule has 94 valence electrons. The average Bonchev–Trinajstić information content (AvgIpc) is 2.67. The Labute approximate surface area is 108 Å². The molecule has 17 heavy (non-hydrogen) atoms. The summed E-state index contributed by atoms with van der Waals surface area (Å²) in [5.41, 5.74) is 1.50. The maximum atomic E-state index is 3.79. The maximum Gasteiger partial charge on any atom is 0.0227 e. The predicted molar refractivity (Wildman–Crippen MR) is 73.6 cm³/mol. The Morgan fingerprint density at radius 2 is 2.12 bits per heavy atom. The van der Waals surface area contributed by atoms with Gasteiger partial charge in [-0.2, -0.15) is 0 Å². The molecule has 3 saturated heterocycles. The van der Waals surface area contributed by atoms with Gasteiger partial charge in [0, 0.05) is 28.9 Å². The fourth-order valence-corrected chi connectivity index (χ4v) is 4.24. The second-order valence-electron chi connectivity index (χ2n) is 5.56. The Kier molecular flexibility index (Phi) is 3.24. The zero-order valence-electron chi connectivity index (χ0n) is 10.8. The molecular weight excluding hydrogens is 228 g/mol. The van der Waals surface area contributed by atoms with Crippen molar-refractivity contribution in [1.29, 1.82) is 0 Å². The van der Waals surface area contributed by atoms with Crippen LogP contribution >= 0.6 is 11.3 Å². The van der Waals surface area contributed by atoms with Gasteiger partial charge in [0.1, 0.15) is 0 Å². The van der Waals surface area contributed by atoms with Crippen molar-refractivity contribution < 1.29 is 0 Å². The molecule has 0 amide bonds. The minimum absolute atomic E-state index is 0.733. The molecule has 3 heteroatoms. The van der Waals surface area contributed by atoms with Crippen molar-refractivity contribution in [2.45, 2.75) is 39.3 Å². The lowest BCUT2D eigenvalue weighted by molar-refractivity contribution is 0.0720. The molecule has 3 aliphatic heterocycles. The summed E-state index contributed by atoms with van der Waals surface area (Å²) in [5, 5.41) is 3.79. The van der Waals surface area contributed by atoms with Crippen molar-refractivity contribution in [2.75, 3.05) is 19.6 Å². The van der Waals surface area contributed by atoms with Crippen LogP contribution < -0.4 is 5.32 Å². The lowest BCUT2D eigenvalue weighted by Crippen LogP contribution is -2.55. The molecular formula is C14H22N2S. The SMILES string of the molecule is Cc1cc(CNC2CN3CCC2CC3)c(C)s1. The van der Waals surface area contributed by atoms with E-state index >= 15 is 0 Å². The molecule has 0 radical (unpaired) electrons. The molecule has 2 nitrogen and oxygen atoms in total. The summed E-state index contributed by atoms with van der Waals surface area (Å²) in [4.78, 5) is 5.54. The second kappa shape index (κ2) is 4.71. The third-order valence-electron chi connectivity index (χ3n) is 4.35. The van der Waals surface area contributed by atoms with Crippen LogP contribution in [0.15, 0.2) is 6.07 Å². The van der Waals surface area contributed by atoms with Crippen LogP contribution in [0.4, 0.5) is 0 Å². The maximum absolute atomic E-state index is 3.79. The molecule has 1 N–H and O–H groups in total. The Morgan fingerprint density at radius 3 is 2.65 bits per heavy atom. The van der Waals surface area contributed by atoms with Gasteiger partial charge >= 0.3 is 0 Å². The van der Waals surface area contributed by atoms with Gasteiger partial charge in [0.2, 0.25) is 0 Å². The summed E-state index contributed by atoms with van der Waals surface area (Å²) in [7, 11) is 0. The first kappa shape index (κ1) is 11.7. The quantitative estimate of drug-likeness (QED) is 0.887. The van der Waals surface area contributed by atoms with E-state index in [-0.39, 0.29) is 0 Å². The largest absolute Gasteiger partial charge is 0.308 e. The topological polar surface area (TPSA) is 15.3 Å². The molecule has 3 fully saturated rings. The van der Waals surface area contributed by atoms with E-state index in [1.807, 2.05) is 11.3 Å². The van der Waals surface area contributed by atoms with Gasteiger partial charge in [-0.15, -0.1) is 11.3 Å². The molecule has 1 atom stereocenters. The van der Waals surface area contributed by atoms with E-state index in [9.17, 15) is 0 Å². The number of hydrogen-bond acceptors (Lipinski definition) is 3. The Balaban J connectivity index is 1.59. The highest BCUT2D eigenvalue weighted by molar-refractivity contribution is 7.12. The number of nitrogens with one attached hydrogen (secondary N) is 1. The first-order chi connectivity index (χ1) is 8.22. The zero-order valence-corrected chi connectivity index (χ0v) is 11.6. The molecule has 2 bridgehead atoms. The van der Waals surface area contributed by atoms with Crippen molar-refractivity contribution in [3.63, 3.8) is 0 Å². The van der Waals surface area contributed by atoms with E-state index in [0.29, 0.717) is 0 Å². The minimum atomic E-state index is 0.733. The molecule has 0 saturated carbocycles. The number of thiophene rings is 1. The van der Waals surface area contributed by atoms with Crippen LogP contribution in [0.2, 0.25) is 0 Å². The summed E-state index contributed by atoms with van der Waals surface area (Å²) >= 11 is 1.92. The monoisotopic (exact) mass is 250 g/mol. The van der Waals surface area contributed by atoms with E-state index in [2.05, 4.69) is 30.1 Å². The molecule has 1 aromatic rings. The molecule has 1 unspecified atom stereocenters. The van der Waals surface area contributed by atoms with Gasteiger partial charge in [-0.3, -0.25) is 0 Å². The van der Waals surface area contributed by atoms with Gasteiger partial charge in [0.15, 0.2) is 0 Å².